The SMILES string of the molecule is CCc1cc(Br)ccc1NC(=O)COC(=O)[C@@H]1CC(=O)N(Cc2ccco2)C1. The molecule has 1 aliphatic heterocycles. The first kappa shape index (κ1) is 20.1. The Morgan fingerprint density at radius 3 is 2.89 bits per heavy atom. The Labute approximate surface area is 171 Å². The first-order valence-corrected chi connectivity index (χ1v) is 9.80. The van der Waals surface area contributed by atoms with Gasteiger partial charge in [-0.05, 0) is 42.3 Å². The quantitative estimate of drug-likeness (QED) is 0.657. The average Bonchev–Trinajstić information content (AvgIpc) is 3.31. The van der Waals surface area contributed by atoms with Crippen molar-refractivity contribution in [2.45, 2.75) is 26.3 Å². The number of amides is 2. The molecule has 2 heterocycles. The highest BCUT2D eigenvalue weighted by atomic mass is 79.9. The molecule has 7 nitrogen and oxygen atoms in total. The van der Waals surface area contributed by atoms with E-state index in [0.29, 0.717) is 18.0 Å². The maximum Gasteiger partial charge on any atom is 0.311 e. The molecule has 1 aromatic heterocycles. The van der Waals surface area contributed by atoms with Crippen molar-refractivity contribution >= 4 is 39.4 Å². The van der Waals surface area contributed by atoms with E-state index < -0.39 is 17.8 Å². The molecule has 148 valence electrons. The normalized spacial score (nSPS) is 16.3. The van der Waals surface area contributed by atoms with Crippen LogP contribution in [0.4, 0.5) is 5.69 Å². The van der Waals surface area contributed by atoms with E-state index in [1.54, 1.807) is 23.1 Å². The minimum atomic E-state index is -0.575. The Morgan fingerprint density at radius 2 is 2.18 bits per heavy atom. The van der Waals surface area contributed by atoms with Gasteiger partial charge in [0, 0.05) is 23.1 Å². The summed E-state index contributed by atoms with van der Waals surface area (Å²) >= 11 is 3.40. The zero-order valence-electron chi connectivity index (χ0n) is 15.4. The second-order valence-corrected chi connectivity index (χ2v) is 7.48. The fourth-order valence-electron chi connectivity index (χ4n) is 3.09. The molecule has 0 bridgehead atoms. The van der Waals surface area contributed by atoms with Crippen molar-refractivity contribution in [3.05, 3.63) is 52.4 Å². The minimum Gasteiger partial charge on any atom is -0.467 e. The summed E-state index contributed by atoms with van der Waals surface area (Å²) in [5.41, 5.74) is 1.66. The molecule has 2 amide bonds. The lowest BCUT2D eigenvalue weighted by Crippen LogP contribution is -2.28. The third kappa shape index (κ3) is 5.01. The molecule has 0 unspecified atom stereocenters. The molecule has 1 aromatic carbocycles. The van der Waals surface area contributed by atoms with Gasteiger partial charge in [0.2, 0.25) is 5.91 Å². The van der Waals surface area contributed by atoms with Gasteiger partial charge >= 0.3 is 5.97 Å². The summed E-state index contributed by atoms with van der Waals surface area (Å²) < 4.78 is 11.3. The number of anilines is 1. The zero-order chi connectivity index (χ0) is 20.1. The van der Waals surface area contributed by atoms with Crippen molar-refractivity contribution in [3.63, 3.8) is 0 Å². The van der Waals surface area contributed by atoms with Crippen molar-refractivity contribution in [1.82, 2.24) is 4.90 Å². The standard InChI is InChI=1S/C20H21BrN2O5/c1-2-13-8-15(21)5-6-17(13)22-18(24)12-28-20(26)14-9-19(25)23(10-14)11-16-4-3-7-27-16/h3-8,14H,2,9-12H2,1H3,(H,22,24)/t14-/m1/s1. The number of hydrogen-bond donors (Lipinski definition) is 1. The maximum absolute atomic E-state index is 12.3. The monoisotopic (exact) mass is 448 g/mol. The summed E-state index contributed by atoms with van der Waals surface area (Å²) in [7, 11) is 0. The Kier molecular flexibility index (Phi) is 6.51. The highest BCUT2D eigenvalue weighted by molar-refractivity contribution is 9.10. The number of hydrogen-bond acceptors (Lipinski definition) is 5. The van der Waals surface area contributed by atoms with Crippen LogP contribution < -0.4 is 5.32 Å². The predicted molar refractivity (Wildman–Crippen MR) is 105 cm³/mol. The van der Waals surface area contributed by atoms with Crippen LogP contribution in [0.15, 0.2) is 45.5 Å². The van der Waals surface area contributed by atoms with Crippen LogP contribution >= 0.6 is 15.9 Å². The van der Waals surface area contributed by atoms with Gasteiger partial charge in [-0.3, -0.25) is 14.4 Å². The number of furan rings is 1. The van der Waals surface area contributed by atoms with Gasteiger partial charge in [-0.25, -0.2) is 0 Å². The van der Waals surface area contributed by atoms with Crippen LogP contribution in [-0.2, 0) is 32.1 Å². The van der Waals surface area contributed by atoms with Gasteiger partial charge in [0.1, 0.15) is 5.76 Å². The predicted octanol–water partition coefficient (Wildman–Crippen LogP) is 3.13. The number of aryl methyl sites for hydroxylation is 1. The van der Waals surface area contributed by atoms with Crippen LogP contribution in [0, 0.1) is 5.92 Å². The van der Waals surface area contributed by atoms with Crippen molar-refractivity contribution in [3.8, 4) is 0 Å². The van der Waals surface area contributed by atoms with Crippen molar-refractivity contribution in [2.24, 2.45) is 5.92 Å². The molecular formula is C20H21BrN2O5. The van der Waals surface area contributed by atoms with Crippen LogP contribution in [0.3, 0.4) is 0 Å². The van der Waals surface area contributed by atoms with Gasteiger partial charge in [0.05, 0.1) is 18.7 Å². The van der Waals surface area contributed by atoms with Gasteiger partial charge < -0.3 is 19.4 Å². The van der Waals surface area contributed by atoms with E-state index in [2.05, 4.69) is 21.2 Å². The van der Waals surface area contributed by atoms with E-state index in [4.69, 9.17) is 9.15 Å². The first-order chi connectivity index (χ1) is 13.5. The molecule has 0 aliphatic carbocycles. The summed E-state index contributed by atoms with van der Waals surface area (Å²) in [4.78, 5) is 38.0. The number of rotatable bonds is 7. The highest BCUT2D eigenvalue weighted by Gasteiger charge is 2.35. The number of nitrogens with zero attached hydrogens (tertiary/aromatic N) is 1. The smallest absolute Gasteiger partial charge is 0.311 e. The van der Waals surface area contributed by atoms with Crippen LogP contribution in [0.25, 0.3) is 0 Å². The Balaban J connectivity index is 1.49. The molecule has 3 rings (SSSR count). The molecule has 28 heavy (non-hydrogen) atoms. The summed E-state index contributed by atoms with van der Waals surface area (Å²) in [5, 5.41) is 2.76. The lowest BCUT2D eigenvalue weighted by atomic mass is 10.1. The number of carbonyl (C=O) groups is 3. The zero-order valence-corrected chi connectivity index (χ0v) is 17.0. The summed E-state index contributed by atoms with van der Waals surface area (Å²) in [6.45, 7) is 2.18. The Bertz CT molecular complexity index is 865. The van der Waals surface area contributed by atoms with Gasteiger partial charge in [-0.2, -0.15) is 0 Å². The minimum absolute atomic E-state index is 0.0772. The van der Waals surface area contributed by atoms with Gasteiger partial charge in [-0.1, -0.05) is 22.9 Å². The van der Waals surface area contributed by atoms with Crippen molar-refractivity contribution < 1.29 is 23.5 Å². The molecule has 2 aromatic rings. The molecule has 1 fully saturated rings. The number of nitrogens with one attached hydrogen (secondary N) is 1. The molecule has 0 spiro atoms. The third-order valence-corrected chi connectivity index (χ3v) is 5.04. The summed E-state index contributed by atoms with van der Waals surface area (Å²) in [6.07, 6.45) is 2.37. The molecule has 1 atom stereocenters. The summed E-state index contributed by atoms with van der Waals surface area (Å²) in [6, 6.07) is 9.08. The number of carbonyl (C=O) groups excluding carboxylic acids is 3. The van der Waals surface area contributed by atoms with Gasteiger partial charge in [-0.15, -0.1) is 0 Å². The fraction of sp³-hybridized carbons (Fsp3) is 0.350. The van der Waals surface area contributed by atoms with Crippen LogP contribution in [0.2, 0.25) is 0 Å². The largest absolute Gasteiger partial charge is 0.467 e. The third-order valence-electron chi connectivity index (χ3n) is 4.54. The van der Waals surface area contributed by atoms with E-state index in [1.807, 2.05) is 19.1 Å². The molecule has 0 saturated carbocycles. The number of esters is 1. The first-order valence-electron chi connectivity index (χ1n) is 9.01. The average molecular weight is 449 g/mol. The van der Waals surface area contributed by atoms with Crippen LogP contribution in [0.1, 0.15) is 24.7 Å². The number of halogens is 1. The number of benzene rings is 1. The summed E-state index contributed by atoms with van der Waals surface area (Å²) in [5.74, 6) is -1.01. The molecule has 1 N–H and O–H groups in total. The highest BCUT2D eigenvalue weighted by Crippen LogP contribution is 2.23. The van der Waals surface area contributed by atoms with E-state index in [0.717, 1.165) is 16.5 Å². The van der Waals surface area contributed by atoms with E-state index in [1.165, 1.54) is 6.26 Å². The lowest BCUT2D eigenvalue weighted by Gasteiger charge is -2.15. The van der Waals surface area contributed by atoms with E-state index >= 15 is 0 Å². The molecule has 0 radical (unpaired) electrons. The Morgan fingerprint density at radius 1 is 1.36 bits per heavy atom. The van der Waals surface area contributed by atoms with E-state index in [-0.39, 0.29) is 25.5 Å². The lowest BCUT2D eigenvalue weighted by molar-refractivity contribution is -0.151. The Hall–Kier alpha value is -2.61. The van der Waals surface area contributed by atoms with Gasteiger partial charge in [0.15, 0.2) is 6.61 Å². The second-order valence-electron chi connectivity index (χ2n) is 6.57. The number of likely N-dealkylation sites (tertiary alicyclic amines) is 1. The molecule has 8 heteroatoms. The fourth-order valence-corrected chi connectivity index (χ4v) is 3.50. The number of ether oxygens (including phenoxy) is 1. The van der Waals surface area contributed by atoms with E-state index in [9.17, 15) is 14.4 Å². The van der Waals surface area contributed by atoms with Crippen molar-refractivity contribution in [1.29, 1.82) is 0 Å². The van der Waals surface area contributed by atoms with Gasteiger partial charge in [0.25, 0.3) is 5.91 Å². The molecular weight excluding hydrogens is 428 g/mol. The molecule has 1 saturated heterocycles. The van der Waals surface area contributed by atoms with Crippen LogP contribution in [-0.4, -0.2) is 35.8 Å². The van der Waals surface area contributed by atoms with Crippen LogP contribution in [0.5, 0.6) is 0 Å². The molecule has 1 aliphatic rings. The maximum atomic E-state index is 12.3. The topological polar surface area (TPSA) is 88.8 Å². The van der Waals surface area contributed by atoms with Crippen molar-refractivity contribution in [2.75, 3.05) is 18.5 Å². The second kappa shape index (κ2) is 9.05.